The third-order valence-electron chi connectivity index (χ3n) is 3.42. The molecule has 0 radical (unpaired) electrons. The highest BCUT2D eigenvalue weighted by molar-refractivity contribution is 5.53. The quantitative estimate of drug-likeness (QED) is 0.853. The summed E-state index contributed by atoms with van der Waals surface area (Å²) >= 11 is 0. The molecule has 96 valence electrons. The van der Waals surface area contributed by atoms with Gasteiger partial charge in [-0.1, -0.05) is 20.3 Å². The van der Waals surface area contributed by atoms with Crippen molar-refractivity contribution in [3.63, 3.8) is 0 Å². The first-order chi connectivity index (χ1) is 7.95. The van der Waals surface area contributed by atoms with Crippen LogP contribution in [-0.2, 0) is 6.54 Å². The zero-order valence-corrected chi connectivity index (χ0v) is 11.7. The summed E-state index contributed by atoms with van der Waals surface area (Å²) in [7, 11) is 2.14. The fourth-order valence-corrected chi connectivity index (χ4v) is 1.93. The Morgan fingerprint density at radius 3 is 2.65 bits per heavy atom. The second kappa shape index (κ2) is 6.01. The molecule has 1 aromatic heterocycles. The number of nitrogens with two attached hydrogens (primary N) is 1. The van der Waals surface area contributed by atoms with Crippen molar-refractivity contribution < 1.29 is 0 Å². The second-order valence-electron chi connectivity index (χ2n) is 5.14. The van der Waals surface area contributed by atoms with Gasteiger partial charge in [0.25, 0.3) is 0 Å². The van der Waals surface area contributed by atoms with Crippen molar-refractivity contribution in [3.05, 3.63) is 23.0 Å². The van der Waals surface area contributed by atoms with Crippen molar-refractivity contribution in [1.82, 2.24) is 9.88 Å². The number of nitrogen functional groups attached to an aromatic ring is 1. The van der Waals surface area contributed by atoms with E-state index in [-0.39, 0.29) is 0 Å². The van der Waals surface area contributed by atoms with Gasteiger partial charge in [0.2, 0.25) is 0 Å². The molecular weight excluding hydrogens is 210 g/mol. The number of aromatic nitrogens is 1. The summed E-state index contributed by atoms with van der Waals surface area (Å²) in [6.45, 7) is 10.5. The summed E-state index contributed by atoms with van der Waals surface area (Å²) < 4.78 is 0. The molecule has 3 heteroatoms. The lowest BCUT2D eigenvalue weighted by molar-refractivity contribution is 0.272. The summed E-state index contributed by atoms with van der Waals surface area (Å²) in [5, 5.41) is 0. The number of rotatable bonds is 5. The third-order valence-corrected chi connectivity index (χ3v) is 3.42. The number of pyridine rings is 1. The summed E-state index contributed by atoms with van der Waals surface area (Å²) in [6.07, 6.45) is 3.08. The fraction of sp³-hybridized carbons (Fsp3) is 0.643. The van der Waals surface area contributed by atoms with E-state index in [1.807, 2.05) is 13.1 Å². The third kappa shape index (κ3) is 3.70. The number of hydrogen-bond acceptors (Lipinski definition) is 3. The van der Waals surface area contributed by atoms with E-state index in [9.17, 15) is 0 Å². The number of aryl methyl sites for hydroxylation is 1. The molecule has 0 saturated heterocycles. The second-order valence-corrected chi connectivity index (χ2v) is 5.14. The van der Waals surface area contributed by atoms with Gasteiger partial charge in [-0.15, -0.1) is 0 Å². The lowest BCUT2D eigenvalue weighted by atomic mass is 10.1. The van der Waals surface area contributed by atoms with Crippen LogP contribution in [0, 0.1) is 19.8 Å². The molecule has 0 fully saturated rings. The smallest absolute Gasteiger partial charge is 0.0593 e. The van der Waals surface area contributed by atoms with Gasteiger partial charge in [-0.05, 0) is 37.9 Å². The van der Waals surface area contributed by atoms with E-state index in [0.717, 1.165) is 41.5 Å². The number of anilines is 1. The highest BCUT2D eigenvalue weighted by atomic mass is 15.1. The predicted molar refractivity (Wildman–Crippen MR) is 73.9 cm³/mol. The molecule has 0 aliphatic rings. The maximum atomic E-state index is 6.03. The van der Waals surface area contributed by atoms with Gasteiger partial charge in [-0.3, -0.25) is 4.98 Å². The Morgan fingerprint density at radius 1 is 1.41 bits per heavy atom. The van der Waals surface area contributed by atoms with Crippen LogP contribution in [0.25, 0.3) is 0 Å². The molecule has 17 heavy (non-hydrogen) atoms. The molecule has 0 saturated carbocycles. The van der Waals surface area contributed by atoms with Crippen molar-refractivity contribution in [2.24, 2.45) is 5.92 Å². The van der Waals surface area contributed by atoms with Gasteiger partial charge in [-0.2, -0.15) is 0 Å². The van der Waals surface area contributed by atoms with Gasteiger partial charge in [0, 0.05) is 25.0 Å². The van der Waals surface area contributed by atoms with Gasteiger partial charge in [-0.25, -0.2) is 0 Å². The summed E-state index contributed by atoms with van der Waals surface area (Å²) in [6, 6.07) is 0. The average molecular weight is 235 g/mol. The highest BCUT2D eigenvalue weighted by Crippen LogP contribution is 2.19. The first-order valence-corrected chi connectivity index (χ1v) is 6.34. The van der Waals surface area contributed by atoms with E-state index in [1.165, 1.54) is 6.42 Å². The summed E-state index contributed by atoms with van der Waals surface area (Å²) in [5.41, 5.74) is 10.2. The fourth-order valence-electron chi connectivity index (χ4n) is 1.93. The minimum Gasteiger partial charge on any atom is -0.398 e. The van der Waals surface area contributed by atoms with Gasteiger partial charge in [0.1, 0.15) is 0 Å². The SMILES string of the molecule is CCC(C)CN(C)Cc1ncc(C)c(N)c1C. The lowest BCUT2D eigenvalue weighted by Crippen LogP contribution is -2.24. The highest BCUT2D eigenvalue weighted by Gasteiger charge is 2.10. The maximum absolute atomic E-state index is 6.03. The van der Waals surface area contributed by atoms with E-state index < -0.39 is 0 Å². The molecule has 1 atom stereocenters. The van der Waals surface area contributed by atoms with Crippen LogP contribution in [-0.4, -0.2) is 23.5 Å². The molecule has 1 unspecified atom stereocenters. The minimum absolute atomic E-state index is 0.725. The zero-order chi connectivity index (χ0) is 13.0. The Morgan fingerprint density at radius 2 is 2.06 bits per heavy atom. The Bertz CT molecular complexity index is 374. The first kappa shape index (κ1) is 14.0. The Balaban J connectivity index is 2.72. The minimum atomic E-state index is 0.725. The molecule has 1 heterocycles. The molecule has 0 aliphatic heterocycles. The van der Waals surface area contributed by atoms with E-state index in [1.54, 1.807) is 0 Å². The first-order valence-electron chi connectivity index (χ1n) is 6.34. The van der Waals surface area contributed by atoms with E-state index in [2.05, 4.69) is 37.7 Å². The van der Waals surface area contributed by atoms with Crippen molar-refractivity contribution >= 4 is 5.69 Å². The summed E-state index contributed by atoms with van der Waals surface area (Å²) in [5.74, 6) is 0.725. The van der Waals surface area contributed by atoms with Crippen molar-refractivity contribution in [1.29, 1.82) is 0 Å². The van der Waals surface area contributed by atoms with Crippen LogP contribution in [0.15, 0.2) is 6.20 Å². The largest absolute Gasteiger partial charge is 0.398 e. The number of hydrogen-bond donors (Lipinski definition) is 1. The van der Waals surface area contributed by atoms with Crippen LogP contribution >= 0.6 is 0 Å². The standard InChI is InChI=1S/C14H25N3/c1-6-10(2)8-17(5)9-13-12(4)14(15)11(3)7-16-13/h7,10H,6,8-9H2,1-5H3,(H2,15,16). The van der Waals surface area contributed by atoms with Crippen molar-refractivity contribution in [2.45, 2.75) is 40.7 Å². The predicted octanol–water partition coefficient (Wildman–Crippen LogP) is 2.76. The molecule has 1 rings (SSSR count). The molecule has 0 bridgehead atoms. The molecule has 0 aliphatic carbocycles. The van der Waals surface area contributed by atoms with Gasteiger partial charge < -0.3 is 10.6 Å². The van der Waals surface area contributed by atoms with Gasteiger partial charge >= 0.3 is 0 Å². The van der Waals surface area contributed by atoms with Crippen molar-refractivity contribution in [3.8, 4) is 0 Å². The van der Waals surface area contributed by atoms with Crippen LogP contribution < -0.4 is 5.73 Å². The topological polar surface area (TPSA) is 42.2 Å². The van der Waals surface area contributed by atoms with E-state index in [0.29, 0.717) is 0 Å². The normalized spacial score (nSPS) is 13.1. The molecule has 1 aromatic rings. The van der Waals surface area contributed by atoms with Gasteiger partial charge in [0.15, 0.2) is 0 Å². The van der Waals surface area contributed by atoms with Crippen LogP contribution in [0.4, 0.5) is 5.69 Å². The van der Waals surface area contributed by atoms with Gasteiger partial charge in [0.05, 0.1) is 5.69 Å². The van der Waals surface area contributed by atoms with Crippen LogP contribution in [0.3, 0.4) is 0 Å². The Kier molecular flexibility index (Phi) is 4.94. The molecule has 0 aromatic carbocycles. The lowest BCUT2D eigenvalue weighted by Gasteiger charge is -2.21. The van der Waals surface area contributed by atoms with E-state index in [4.69, 9.17) is 5.73 Å². The van der Waals surface area contributed by atoms with Crippen LogP contribution in [0.5, 0.6) is 0 Å². The Hall–Kier alpha value is -1.09. The summed E-state index contributed by atoms with van der Waals surface area (Å²) in [4.78, 5) is 6.81. The molecule has 0 spiro atoms. The molecular formula is C14H25N3. The van der Waals surface area contributed by atoms with Crippen LogP contribution in [0.1, 0.15) is 37.1 Å². The molecule has 0 amide bonds. The zero-order valence-electron chi connectivity index (χ0n) is 11.7. The van der Waals surface area contributed by atoms with E-state index >= 15 is 0 Å². The molecule has 3 nitrogen and oxygen atoms in total. The number of nitrogens with zero attached hydrogens (tertiary/aromatic N) is 2. The van der Waals surface area contributed by atoms with Crippen LogP contribution in [0.2, 0.25) is 0 Å². The average Bonchev–Trinajstić information content (AvgIpc) is 2.29. The molecule has 2 N–H and O–H groups in total. The van der Waals surface area contributed by atoms with Crippen molar-refractivity contribution in [2.75, 3.05) is 19.3 Å². The Labute approximate surface area is 105 Å². The maximum Gasteiger partial charge on any atom is 0.0593 e. The monoisotopic (exact) mass is 235 g/mol.